The zero-order chi connectivity index (χ0) is 13.9. The molecule has 7 heteroatoms. The van der Waals surface area contributed by atoms with Crippen molar-refractivity contribution in [2.75, 3.05) is 18.0 Å². The van der Waals surface area contributed by atoms with Gasteiger partial charge in [-0.05, 0) is 28.6 Å². The Bertz CT molecular complexity index is 580. The van der Waals surface area contributed by atoms with Gasteiger partial charge in [0.1, 0.15) is 11.9 Å². The SMILES string of the molecule is Cn1nnnc1N1CCC(Oc2cccc(Br)c2)CC1. The average molecular weight is 338 g/mol. The van der Waals surface area contributed by atoms with E-state index in [4.69, 9.17) is 4.74 Å². The van der Waals surface area contributed by atoms with Gasteiger partial charge in [-0.15, -0.1) is 0 Å². The lowest BCUT2D eigenvalue weighted by molar-refractivity contribution is 0.170. The Morgan fingerprint density at radius 1 is 1.30 bits per heavy atom. The average Bonchev–Trinajstić information content (AvgIpc) is 2.86. The monoisotopic (exact) mass is 337 g/mol. The Hall–Kier alpha value is -1.63. The van der Waals surface area contributed by atoms with Crippen LogP contribution in [0.5, 0.6) is 5.75 Å². The normalized spacial score (nSPS) is 16.4. The van der Waals surface area contributed by atoms with Gasteiger partial charge in [0.25, 0.3) is 0 Å². The van der Waals surface area contributed by atoms with E-state index in [-0.39, 0.29) is 6.10 Å². The van der Waals surface area contributed by atoms with Crippen LogP contribution in [-0.4, -0.2) is 39.4 Å². The second kappa shape index (κ2) is 5.78. The smallest absolute Gasteiger partial charge is 0.245 e. The second-order valence-electron chi connectivity index (χ2n) is 4.86. The highest BCUT2D eigenvalue weighted by molar-refractivity contribution is 9.10. The fraction of sp³-hybridized carbons (Fsp3) is 0.462. The third-order valence-electron chi connectivity index (χ3n) is 3.42. The highest BCUT2D eigenvalue weighted by Crippen LogP contribution is 2.23. The van der Waals surface area contributed by atoms with E-state index < -0.39 is 0 Å². The van der Waals surface area contributed by atoms with E-state index in [1.54, 1.807) is 4.68 Å². The first-order valence-electron chi connectivity index (χ1n) is 6.62. The maximum Gasteiger partial charge on any atom is 0.245 e. The standard InChI is InChI=1S/C13H16BrN5O/c1-18-13(15-16-17-18)19-7-5-11(6-8-19)20-12-4-2-3-10(14)9-12/h2-4,9,11H,5-8H2,1H3. The van der Waals surface area contributed by atoms with Crippen LogP contribution in [0.2, 0.25) is 0 Å². The summed E-state index contributed by atoms with van der Waals surface area (Å²) in [5.74, 6) is 1.74. The number of tetrazole rings is 1. The molecule has 0 saturated carbocycles. The maximum absolute atomic E-state index is 6.02. The summed E-state index contributed by atoms with van der Waals surface area (Å²) in [6, 6.07) is 7.97. The molecule has 1 aliphatic rings. The minimum Gasteiger partial charge on any atom is -0.490 e. The van der Waals surface area contributed by atoms with E-state index in [9.17, 15) is 0 Å². The molecule has 0 aliphatic carbocycles. The van der Waals surface area contributed by atoms with E-state index >= 15 is 0 Å². The number of aryl methyl sites for hydroxylation is 1. The number of benzene rings is 1. The molecule has 1 fully saturated rings. The molecule has 1 aromatic heterocycles. The van der Waals surface area contributed by atoms with Crippen LogP contribution in [0.15, 0.2) is 28.7 Å². The fourth-order valence-electron chi connectivity index (χ4n) is 2.40. The van der Waals surface area contributed by atoms with E-state index in [0.29, 0.717) is 0 Å². The molecule has 0 N–H and O–H groups in total. The minimum atomic E-state index is 0.252. The quantitative estimate of drug-likeness (QED) is 0.857. The van der Waals surface area contributed by atoms with Gasteiger partial charge in [0, 0.05) is 37.5 Å². The van der Waals surface area contributed by atoms with Crippen LogP contribution in [0, 0.1) is 0 Å². The van der Waals surface area contributed by atoms with E-state index in [2.05, 4.69) is 36.4 Å². The topological polar surface area (TPSA) is 56.1 Å². The van der Waals surface area contributed by atoms with Crippen LogP contribution >= 0.6 is 15.9 Å². The molecular formula is C13H16BrN5O. The minimum absolute atomic E-state index is 0.252. The number of nitrogens with zero attached hydrogens (tertiary/aromatic N) is 5. The van der Waals surface area contributed by atoms with Crippen molar-refractivity contribution >= 4 is 21.9 Å². The molecule has 3 rings (SSSR count). The van der Waals surface area contributed by atoms with E-state index in [1.165, 1.54) is 0 Å². The van der Waals surface area contributed by atoms with Crippen LogP contribution < -0.4 is 9.64 Å². The van der Waals surface area contributed by atoms with Gasteiger partial charge in [-0.1, -0.05) is 27.1 Å². The zero-order valence-electron chi connectivity index (χ0n) is 11.2. The summed E-state index contributed by atoms with van der Waals surface area (Å²) in [5, 5.41) is 11.6. The van der Waals surface area contributed by atoms with Crippen molar-refractivity contribution in [1.82, 2.24) is 20.2 Å². The lowest BCUT2D eigenvalue weighted by Gasteiger charge is -2.32. The molecule has 0 atom stereocenters. The largest absolute Gasteiger partial charge is 0.490 e. The van der Waals surface area contributed by atoms with E-state index in [0.717, 1.165) is 42.1 Å². The maximum atomic E-state index is 6.02. The van der Waals surface area contributed by atoms with Crippen molar-refractivity contribution in [1.29, 1.82) is 0 Å². The molecular weight excluding hydrogens is 322 g/mol. The van der Waals surface area contributed by atoms with Gasteiger partial charge in [-0.25, -0.2) is 4.68 Å². The first-order chi connectivity index (χ1) is 9.72. The zero-order valence-corrected chi connectivity index (χ0v) is 12.8. The summed E-state index contributed by atoms with van der Waals surface area (Å²) in [7, 11) is 1.86. The summed E-state index contributed by atoms with van der Waals surface area (Å²) in [4.78, 5) is 2.20. The summed E-state index contributed by atoms with van der Waals surface area (Å²) < 4.78 is 8.76. The van der Waals surface area contributed by atoms with Crippen molar-refractivity contribution < 1.29 is 4.74 Å². The summed E-state index contributed by atoms with van der Waals surface area (Å²) in [5.41, 5.74) is 0. The van der Waals surface area contributed by atoms with Gasteiger partial charge in [-0.2, -0.15) is 0 Å². The molecule has 6 nitrogen and oxygen atoms in total. The number of ether oxygens (including phenoxy) is 1. The van der Waals surface area contributed by atoms with Gasteiger partial charge in [0.15, 0.2) is 0 Å². The van der Waals surface area contributed by atoms with Crippen molar-refractivity contribution in [3.05, 3.63) is 28.7 Å². The Morgan fingerprint density at radius 2 is 2.10 bits per heavy atom. The fourth-order valence-corrected chi connectivity index (χ4v) is 2.78. The van der Waals surface area contributed by atoms with Gasteiger partial charge in [0.05, 0.1) is 0 Å². The van der Waals surface area contributed by atoms with Gasteiger partial charge >= 0.3 is 0 Å². The van der Waals surface area contributed by atoms with Crippen molar-refractivity contribution in [3.63, 3.8) is 0 Å². The molecule has 0 bridgehead atoms. The summed E-state index contributed by atoms with van der Waals surface area (Å²) in [6.45, 7) is 1.82. The van der Waals surface area contributed by atoms with Gasteiger partial charge < -0.3 is 9.64 Å². The first kappa shape index (κ1) is 13.4. The Morgan fingerprint density at radius 3 is 2.75 bits per heavy atom. The number of aromatic nitrogens is 4. The number of hydrogen-bond donors (Lipinski definition) is 0. The molecule has 20 heavy (non-hydrogen) atoms. The Kier molecular flexibility index (Phi) is 3.86. The third-order valence-corrected chi connectivity index (χ3v) is 3.91. The molecule has 2 heterocycles. The molecule has 106 valence electrons. The number of anilines is 1. The second-order valence-corrected chi connectivity index (χ2v) is 5.78. The molecule has 1 aromatic carbocycles. The molecule has 0 amide bonds. The predicted octanol–water partition coefficient (Wildman–Crippen LogP) is 2.02. The lowest BCUT2D eigenvalue weighted by Crippen LogP contribution is -2.39. The number of piperidine rings is 1. The number of hydrogen-bond acceptors (Lipinski definition) is 5. The number of rotatable bonds is 3. The van der Waals surface area contributed by atoms with Crippen molar-refractivity contribution in [2.24, 2.45) is 7.05 Å². The summed E-state index contributed by atoms with van der Waals surface area (Å²) in [6.07, 6.45) is 2.19. The predicted molar refractivity (Wildman–Crippen MR) is 78.8 cm³/mol. The van der Waals surface area contributed by atoms with Crippen molar-refractivity contribution in [2.45, 2.75) is 18.9 Å². The first-order valence-corrected chi connectivity index (χ1v) is 7.41. The van der Waals surface area contributed by atoms with Crippen LogP contribution in [0.3, 0.4) is 0 Å². The van der Waals surface area contributed by atoms with Crippen molar-refractivity contribution in [3.8, 4) is 5.75 Å². The highest BCUT2D eigenvalue weighted by Gasteiger charge is 2.23. The summed E-state index contributed by atoms with van der Waals surface area (Å²) >= 11 is 3.46. The van der Waals surface area contributed by atoms with E-state index in [1.807, 2.05) is 31.3 Å². The highest BCUT2D eigenvalue weighted by atomic mass is 79.9. The van der Waals surface area contributed by atoms with Crippen LogP contribution in [0.25, 0.3) is 0 Å². The molecule has 2 aromatic rings. The van der Waals surface area contributed by atoms with Crippen LogP contribution in [-0.2, 0) is 7.05 Å². The molecule has 0 radical (unpaired) electrons. The molecule has 1 aliphatic heterocycles. The van der Waals surface area contributed by atoms with Crippen LogP contribution in [0.4, 0.5) is 5.95 Å². The van der Waals surface area contributed by atoms with Gasteiger partial charge in [-0.3, -0.25) is 0 Å². The molecule has 0 spiro atoms. The number of halogens is 1. The molecule has 1 saturated heterocycles. The Labute approximate surface area is 125 Å². The van der Waals surface area contributed by atoms with Crippen LogP contribution in [0.1, 0.15) is 12.8 Å². The van der Waals surface area contributed by atoms with Gasteiger partial charge in [0.2, 0.25) is 5.95 Å². The Balaban J connectivity index is 1.58. The lowest BCUT2D eigenvalue weighted by atomic mass is 10.1. The third kappa shape index (κ3) is 2.92. The molecule has 0 unspecified atom stereocenters.